The fourth-order valence-electron chi connectivity index (χ4n) is 1.86. The van der Waals surface area contributed by atoms with Crippen LogP contribution in [0, 0.1) is 0 Å². The highest BCUT2D eigenvalue weighted by Crippen LogP contribution is 2.32. The summed E-state index contributed by atoms with van der Waals surface area (Å²) in [5, 5.41) is 12.7. The van der Waals surface area contributed by atoms with Gasteiger partial charge in [-0.3, -0.25) is 0 Å². The Labute approximate surface area is 105 Å². The molecule has 1 aliphatic carbocycles. The molecule has 0 aliphatic heterocycles. The molecule has 0 bridgehead atoms. The van der Waals surface area contributed by atoms with Crippen LogP contribution in [0.2, 0.25) is 0 Å². The van der Waals surface area contributed by atoms with Crippen LogP contribution in [0.4, 0.5) is 4.39 Å². The molecule has 0 saturated heterocycles. The Morgan fingerprint density at radius 3 is 2.71 bits per heavy atom. The van der Waals surface area contributed by atoms with Gasteiger partial charge in [0.15, 0.2) is 0 Å². The standard InChI is InChI=1S/C12H14FNO2S/c13-8-12(15)6-9(7-12)14-11(17)16-10-4-2-1-3-5-10/h1-5,9,15H,6-8H2,(H,14,17)/t9-,12+. The Morgan fingerprint density at radius 2 is 2.12 bits per heavy atom. The maximum Gasteiger partial charge on any atom is 0.262 e. The summed E-state index contributed by atoms with van der Waals surface area (Å²) >= 11 is 5.01. The maximum atomic E-state index is 12.3. The first-order valence-electron chi connectivity index (χ1n) is 5.43. The van der Waals surface area contributed by atoms with Gasteiger partial charge in [0, 0.05) is 6.04 Å². The van der Waals surface area contributed by atoms with Crippen molar-refractivity contribution in [2.24, 2.45) is 0 Å². The Bertz CT molecular complexity index is 393. The molecule has 1 aliphatic rings. The molecule has 92 valence electrons. The van der Waals surface area contributed by atoms with Crippen molar-refractivity contribution in [3.63, 3.8) is 0 Å². The van der Waals surface area contributed by atoms with E-state index in [1.54, 1.807) is 12.1 Å². The largest absolute Gasteiger partial charge is 0.432 e. The number of rotatable bonds is 3. The summed E-state index contributed by atoms with van der Waals surface area (Å²) < 4.78 is 17.7. The molecule has 1 aromatic rings. The van der Waals surface area contributed by atoms with E-state index in [0.29, 0.717) is 18.6 Å². The minimum atomic E-state index is -1.17. The van der Waals surface area contributed by atoms with Gasteiger partial charge in [-0.1, -0.05) is 18.2 Å². The molecule has 0 aromatic heterocycles. The lowest BCUT2D eigenvalue weighted by atomic mass is 9.77. The molecule has 17 heavy (non-hydrogen) atoms. The average molecular weight is 255 g/mol. The van der Waals surface area contributed by atoms with Crippen LogP contribution in [0.15, 0.2) is 30.3 Å². The molecule has 1 saturated carbocycles. The lowest BCUT2D eigenvalue weighted by molar-refractivity contribution is -0.0683. The van der Waals surface area contributed by atoms with Gasteiger partial charge >= 0.3 is 0 Å². The minimum Gasteiger partial charge on any atom is -0.432 e. The van der Waals surface area contributed by atoms with E-state index in [9.17, 15) is 9.50 Å². The number of benzene rings is 1. The van der Waals surface area contributed by atoms with Gasteiger partial charge in [-0.25, -0.2) is 4.39 Å². The SMILES string of the molecule is O[C@]1(CF)C[C@H](NC(=S)Oc2ccccc2)C1. The predicted molar refractivity (Wildman–Crippen MR) is 66.8 cm³/mol. The van der Waals surface area contributed by atoms with Gasteiger partial charge in [0.05, 0.1) is 5.60 Å². The number of aliphatic hydroxyl groups is 1. The molecule has 0 heterocycles. The summed E-state index contributed by atoms with van der Waals surface area (Å²) in [4.78, 5) is 0. The van der Waals surface area contributed by atoms with Gasteiger partial charge < -0.3 is 15.2 Å². The smallest absolute Gasteiger partial charge is 0.262 e. The van der Waals surface area contributed by atoms with Gasteiger partial charge in [-0.15, -0.1) is 0 Å². The van der Waals surface area contributed by atoms with Crippen molar-refractivity contribution >= 4 is 17.4 Å². The van der Waals surface area contributed by atoms with Gasteiger partial charge in [0.1, 0.15) is 12.4 Å². The molecule has 2 rings (SSSR count). The summed E-state index contributed by atoms with van der Waals surface area (Å²) in [5.41, 5.74) is -1.17. The molecular weight excluding hydrogens is 241 g/mol. The number of nitrogens with one attached hydrogen (secondary N) is 1. The second-order valence-electron chi connectivity index (χ2n) is 4.31. The van der Waals surface area contributed by atoms with Crippen LogP contribution in [0.25, 0.3) is 0 Å². The quantitative estimate of drug-likeness (QED) is 0.808. The third-order valence-corrected chi connectivity index (χ3v) is 2.98. The van der Waals surface area contributed by atoms with E-state index >= 15 is 0 Å². The van der Waals surface area contributed by atoms with Crippen LogP contribution in [-0.2, 0) is 0 Å². The van der Waals surface area contributed by atoms with Crippen molar-refractivity contribution in [2.45, 2.75) is 24.5 Å². The van der Waals surface area contributed by atoms with Gasteiger partial charge in [-0.05, 0) is 37.2 Å². The molecule has 0 amide bonds. The maximum absolute atomic E-state index is 12.3. The zero-order chi connectivity index (χ0) is 12.3. The second-order valence-corrected chi connectivity index (χ2v) is 4.68. The van der Waals surface area contributed by atoms with E-state index in [-0.39, 0.29) is 11.2 Å². The Hall–Kier alpha value is -1.20. The van der Waals surface area contributed by atoms with E-state index in [4.69, 9.17) is 17.0 Å². The minimum absolute atomic E-state index is 0.00744. The number of alkyl halides is 1. The number of halogens is 1. The van der Waals surface area contributed by atoms with Crippen LogP contribution in [0.5, 0.6) is 5.75 Å². The summed E-state index contributed by atoms with van der Waals surface area (Å²) in [6.07, 6.45) is 0.726. The molecule has 2 N–H and O–H groups in total. The van der Waals surface area contributed by atoms with Crippen molar-refractivity contribution in [1.29, 1.82) is 0 Å². The van der Waals surface area contributed by atoms with E-state index in [1.807, 2.05) is 18.2 Å². The Morgan fingerprint density at radius 1 is 1.47 bits per heavy atom. The fourth-order valence-corrected chi connectivity index (χ4v) is 2.12. The zero-order valence-electron chi connectivity index (χ0n) is 9.23. The molecule has 0 radical (unpaired) electrons. The second kappa shape index (κ2) is 4.98. The highest BCUT2D eigenvalue weighted by atomic mass is 32.1. The molecule has 1 aromatic carbocycles. The third kappa shape index (κ3) is 3.14. The molecule has 0 spiro atoms. The van der Waals surface area contributed by atoms with Gasteiger partial charge in [-0.2, -0.15) is 0 Å². The molecule has 0 unspecified atom stereocenters. The average Bonchev–Trinajstić information content (AvgIpc) is 2.28. The lowest BCUT2D eigenvalue weighted by Crippen LogP contribution is -2.56. The number of hydrogen-bond acceptors (Lipinski definition) is 3. The van der Waals surface area contributed by atoms with Gasteiger partial charge in [0.25, 0.3) is 5.17 Å². The van der Waals surface area contributed by atoms with E-state index in [0.717, 1.165) is 0 Å². The number of hydrogen-bond donors (Lipinski definition) is 2. The van der Waals surface area contributed by atoms with Crippen molar-refractivity contribution in [3.8, 4) is 5.75 Å². The predicted octanol–water partition coefficient (Wildman–Crippen LogP) is 1.80. The van der Waals surface area contributed by atoms with Crippen molar-refractivity contribution in [3.05, 3.63) is 30.3 Å². The molecule has 3 nitrogen and oxygen atoms in total. The summed E-state index contributed by atoms with van der Waals surface area (Å²) in [5.74, 6) is 0.657. The number of para-hydroxylation sites is 1. The summed E-state index contributed by atoms with van der Waals surface area (Å²) in [7, 11) is 0. The van der Waals surface area contributed by atoms with Crippen LogP contribution >= 0.6 is 12.2 Å². The van der Waals surface area contributed by atoms with Crippen molar-refractivity contribution < 1.29 is 14.2 Å². The van der Waals surface area contributed by atoms with E-state index < -0.39 is 12.3 Å². The van der Waals surface area contributed by atoms with Crippen molar-refractivity contribution in [1.82, 2.24) is 5.32 Å². The highest BCUT2D eigenvalue weighted by molar-refractivity contribution is 7.80. The third-order valence-electron chi connectivity index (χ3n) is 2.78. The first-order valence-corrected chi connectivity index (χ1v) is 5.84. The van der Waals surface area contributed by atoms with E-state index in [1.165, 1.54) is 0 Å². The summed E-state index contributed by atoms with van der Waals surface area (Å²) in [6.45, 7) is -0.711. The Kier molecular flexibility index (Phi) is 3.59. The molecule has 5 heteroatoms. The molecule has 0 atom stereocenters. The normalized spacial score (nSPS) is 27.1. The highest BCUT2D eigenvalue weighted by Gasteiger charge is 2.43. The zero-order valence-corrected chi connectivity index (χ0v) is 10.0. The van der Waals surface area contributed by atoms with Crippen LogP contribution in [-0.4, -0.2) is 28.6 Å². The fraction of sp³-hybridized carbons (Fsp3) is 0.417. The van der Waals surface area contributed by atoms with E-state index in [2.05, 4.69) is 5.32 Å². The number of thiocarbonyl (C=S) groups is 1. The first kappa shape index (κ1) is 12.3. The lowest BCUT2D eigenvalue weighted by Gasteiger charge is -2.42. The van der Waals surface area contributed by atoms with Crippen LogP contribution in [0.3, 0.4) is 0 Å². The topological polar surface area (TPSA) is 41.5 Å². The molecule has 1 fully saturated rings. The van der Waals surface area contributed by atoms with Crippen LogP contribution in [0.1, 0.15) is 12.8 Å². The summed E-state index contributed by atoms with van der Waals surface area (Å²) in [6, 6.07) is 9.18. The number of ether oxygens (including phenoxy) is 1. The van der Waals surface area contributed by atoms with Crippen molar-refractivity contribution in [2.75, 3.05) is 6.67 Å². The first-order chi connectivity index (χ1) is 8.11. The van der Waals surface area contributed by atoms with Gasteiger partial charge in [0.2, 0.25) is 0 Å². The molecular formula is C12H14FNO2S. The monoisotopic (exact) mass is 255 g/mol. The Balaban J connectivity index is 1.76. The van der Waals surface area contributed by atoms with Crippen LogP contribution < -0.4 is 10.1 Å².